The minimum Gasteiger partial charge on any atom is -0.383 e. The maximum Gasteiger partial charge on any atom is 0.132 e. The van der Waals surface area contributed by atoms with Crippen molar-refractivity contribution in [2.75, 3.05) is 5.73 Å². The van der Waals surface area contributed by atoms with Gasteiger partial charge >= 0.3 is 0 Å². The van der Waals surface area contributed by atoms with Gasteiger partial charge in [0, 0.05) is 24.8 Å². The third kappa shape index (κ3) is 1.12. The van der Waals surface area contributed by atoms with E-state index < -0.39 is 0 Å². The van der Waals surface area contributed by atoms with E-state index in [-0.39, 0.29) is 12.4 Å². The molecule has 0 radical (unpaired) electrons. The van der Waals surface area contributed by atoms with Gasteiger partial charge in [-0.05, 0) is 12.1 Å². The molecular weight excluding hydrogens is 174 g/mol. The molecule has 0 fully saturated rings. The van der Waals surface area contributed by atoms with Gasteiger partial charge in [-0.25, -0.2) is 4.98 Å². The molecule has 0 unspecified atom stereocenters. The van der Waals surface area contributed by atoms with Crippen molar-refractivity contribution in [2.45, 2.75) is 0 Å². The second-order valence-corrected chi connectivity index (χ2v) is 2.56. The molecule has 0 aromatic carbocycles. The number of rotatable bonds is 0. The molecule has 3 nitrogen and oxygen atoms in total. The molecule has 0 saturated heterocycles. The molecule has 64 valence electrons. The third-order valence-electron chi connectivity index (χ3n) is 1.84. The predicted octanol–water partition coefficient (Wildman–Crippen LogP) is 1.58. The maximum absolute atomic E-state index is 5.65. The molecule has 0 spiro atoms. The topological polar surface area (TPSA) is 43.8 Å². The van der Waals surface area contributed by atoms with Crippen molar-refractivity contribution in [3.05, 3.63) is 24.5 Å². The smallest absolute Gasteiger partial charge is 0.132 e. The molecule has 2 N–H and O–H groups in total. The van der Waals surface area contributed by atoms with E-state index in [2.05, 4.69) is 4.98 Å². The van der Waals surface area contributed by atoms with Crippen molar-refractivity contribution >= 4 is 29.1 Å². The molecule has 0 saturated carbocycles. The Morgan fingerprint density at radius 1 is 1.42 bits per heavy atom. The highest BCUT2D eigenvalue weighted by atomic mass is 35.5. The number of nitrogens with two attached hydrogens (primary N) is 1. The molecule has 2 heterocycles. The van der Waals surface area contributed by atoms with E-state index in [1.807, 2.05) is 29.9 Å². The number of nitrogen functional groups attached to an aromatic ring is 1. The highest BCUT2D eigenvalue weighted by Gasteiger charge is 1.99. The normalized spacial score (nSPS) is 9.75. The Bertz CT molecular complexity index is 394. The number of hydrogen-bond acceptors (Lipinski definition) is 2. The van der Waals surface area contributed by atoms with Gasteiger partial charge < -0.3 is 10.3 Å². The Morgan fingerprint density at radius 3 is 2.83 bits per heavy atom. The van der Waals surface area contributed by atoms with Crippen LogP contribution in [0, 0.1) is 0 Å². The van der Waals surface area contributed by atoms with Gasteiger partial charge in [-0.15, -0.1) is 12.4 Å². The molecule has 0 amide bonds. The minimum absolute atomic E-state index is 0. The lowest BCUT2D eigenvalue weighted by molar-refractivity contribution is 0.968. The van der Waals surface area contributed by atoms with Crippen LogP contribution < -0.4 is 5.73 Å². The number of pyridine rings is 1. The first-order valence-electron chi connectivity index (χ1n) is 3.44. The summed E-state index contributed by atoms with van der Waals surface area (Å²) in [5.41, 5.74) is 6.77. The zero-order chi connectivity index (χ0) is 7.84. The van der Waals surface area contributed by atoms with Gasteiger partial charge in [0.1, 0.15) is 5.82 Å². The van der Waals surface area contributed by atoms with E-state index >= 15 is 0 Å². The van der Waals surface area contributed by atoms with Gasteiger partial charge in [-0.2, -0.15) is 0 Å². The molecule has 0 aliphatic carbocycles. The molecule has 12 heavy (non-hydrogen) atoms. The first-order valence-corrected chi connectivity index (χ1v) is 3.44. The van der Waals surface area contributed by atoms with Crippen LogP contribution in [0.25, 0.3) is 10.9 Å². The average Bonchev–Trinajstić information content (AvgIpc) is 2.35. The summed E-state index contributed by atoms with van der Waals surface area (Å²) in [6, 6.07) is 3.92. The number of fused-ring (bicyclic) bond motifs is 1. The first-order chi connectivity index (χ1) is 5.29. The van der Waals surface area contributed by atoms with Gasteiger partial charge in [-0.3, -0.25) is 0 Å². The summed E-state index contributed by atoms with van der Waals surface area (Å²) in [5, 5.41) is 1.02. The molecular formula is C8H10ClN3. The van der Waals surface area contributed by atoms with E-state index in [4.69, 9.17) is 5.73 Å². The Kier molecular flexibility index (Phi) is 2.24. The molecule has 2 aromatic rings. The summed E-state index contributed by atoms with van der Waals surface area (Å²) in [4.78, 5) is 3.99. The van der Waals surface area contributed by atoms with E-state index in [0.29, 0.717) is 5.82 Å². The molecule has 2 rings (SSSR count). The fraction of sp³-hybridized carbons (Fsp3) is 0.125. The molecule has 2 aromatic heterocycles. The molecule has 4 heteroatoms. The Hall–Kier alpha value is -1.22. The second-order valence-electron chi connectivity index (χ2n) is 2.56. The Morgan fingerprint density at radius 2 is 2.17 bits per heavy atom. The predicted molar refractivity (Wildman–Crippen MR) is 52.4 cm³/mol. The lowest BCUT2D eigenvalue weighted by atomic mass is 10.3. The van der Waals surface area contributed by atoms with Crippen molar-refractivity contribution < 1.29 is 0 Å². The van der Waals surface area contributed by atoms with E-state index in [1.165, 1.54) is 0 Å². The van der Waals surface area contributed by atoms with Crippen LogP contribution in [0.3, 0.4) is 0 Å². The monoisotopic (exact) mass is 183 g/mol. The SMILES string of the molecule is Cl.Cn1ccc2c(N)nccc21. The van der Waals surface area contributed by atoms with Crippen LogP contribution >= 0.6 is 12.4 Å². The molecule has 0 bridgehead atoms. The molecule has 0 atom stereocenters. The van der Waals surface area contributed by atoms with Gasteiger partial charge in [-0.1, -0.05) is 0 Å². The summed E-state index contributed by atoms with van der Waals surface area (Å²) >= 11 is 0. The first kappa shape index (κ1) is 8.87. The number of hydrogen-bond donors (Lipinski definition) is 1. The quantitative estimate of drug-likeness (QED) is 0.674. The summed E-state index contributed by atoms with van der Waals surface area (Å²) in [6.45, 7) is 0. The zero-order valence-corrected chi connectivity index (χ0v) is 7.51. The second kappa shape index (κ2) is 3.03. The lowest BCUT2D eigenvalue weighted by Gasteiger charge is -1.96. The standard InChI is InChI=1S/C8H9N3.ClH/c1-11-5-3-6-7(11)2-4-10-8(6)9;/h2-5H,1H3,(H2,9,10);1H. The van der Waals surface area contributed by atoms with Crippen molar-refractivity contribution in [1.82, 2.24) is 9.55 Å². The summed E-state index contributed by atoms with van der Waals surface area (Å²) in [6.07, 6.45) is 3.69. The summed E-state index contributed by atoms with van der Waals surface area (Å²) < 4.78 is 2.02. The maximum atomic E-state index is 5.65. The van der Waals surface area contributed by atoms with Crippen molar-refractivity contribution in [2.24, 2.45) is 7.05 Å². The number of aryl methyl sites for hydroxylation is 1. The largest absolute Gasteiger partial charge is 0.383 e. The summed E-state index contributed by atoms with van der Waals surface area (Å²) in [7, 11) is 1.99. The number of aromatic nitrogens is 2. The number of anilines is 1. The fourth-order valence-electron chi connectivity index (χ4n) is 1.22. The van der Waals surface area contributed by atoms with Crippen LogP contribution in [0.2, 0.25) is 0 Å². The molecule has 0 aliphatic heterocycles. The van der Waals surface area contributed by atoms with E-state index in [1.54, 1.807) is 6.20 Å². The number of halogens is 1. The van der Waals surface area contributed by atoms with Crippen LogP contribution in [-0.4, -0.2) is 9.55 Å². The van der Waals surface area contributed by atoms with Crippen LogP contribution in [0.15, 0.2) is 24.5 Å². The van der Waals surface area contributed by atoms with Crippen LogP contribution in [-0.2, 0) is 7.05 Å². The van der Waals surface area contributed by atoms with Gasteiger partial charge in [0.2, 0.25) is 0 Å². The van der Waals surface area contributed by atoms with E-state index in [9.17, 15) is 0 Å². The molecule has 0 aliphatic rings. The van der Waals surface area contributed by atoms with Gasteiger partial charge in [0.05, 0.1) is 5.52 Å². The van der Waals surface area contributed by atoms with Crippen LogP contribution in [0.1, 0.15) is 0 Å². The third-order valence-corrected chi connectivity index (χ3v) is 1.84. The van der Waals surface area contributed by atoms with Crippen LogP contribution in [0.4, 0.5) is 5.82 Å². The highest BCUT2D eigenvalue weighted by molar-refractivity contribution is 5.88. The minimum atomic E-state index is 0. The Labute approximate surface area is 76.6 Å². The summed E-state index contributed by atoms with van der Waals surface area (Å²) in [5.74, 6) is 0.600. The fourth-order valence-corrected chi connectivity index (χ4v) is 1.22. The van der Waals surface area contributed by atoms with Gasteiger partial charge in [0.15, 0.2) is 0 Å². The average molecular weight is 184 g/mol. The lowest BCUT2D eigenvalue weighted by Crippen LogP contribution is -1.90. The van der Waals surface area contributed by atoms with Crippen molar-refractivity contribution in [3.8, 4) is 0 Å². The van der Waals surface area contributed by atoms with E-state index in [0.717, 1.165) is 10.9 Å². The van der Waals surface area contributed by atoms with Crippen LogP contribution in [0.5, 0.6) is 0 Å². The highest BCUT2D eigenvalue weighted by Crippen LogP contribution is 2.17. The Balaban J connectivity index is 0.000000720. The zero-order valence-electron chi connectivity index (χ0n) is 6.69. The van der Waals surface area contributed by atoms with Crippen molar-refractivity contribution in [1.29, 1.82) is 0 Å². The van der Waals surface area contributed by atoms with Gasteiger partial charge in [0.25, 0.3) is 0 Å². The number of nitrogens with zero attached hydrogens (tertiary/aromatic N) is 2. The van der Waals surface area contributed by atoms with Crippen molar-refractivity contribution in [3.63, 3.8) is 0 Å².